The lowest BCUT2D eigenvalue weighted by Crippen LogP contribution is -2.26. The molecule has 0 fully saturated rings. The molecule has 6 heteroatoms. The van der Waals surface area contributed by atoms with E-state index < -0.39 is 10.0 Å². The van der Waals surface area contributed by atoms with E-state index in [1.807, 2.05) is 43.3 Å². The van der Waals surface area contributed by atoms with Crippen LogP contribution in [0, 0.1) is 0 Å². The fourth-order valence-electron chi connectivity index (χ4n) is 2.47. The van der Waals surface area contributed by atoms with Crippen molar-refractivity contribution in [3.05, 3.63) is 90.3 Å². The first kappa shape index (κ1) is 18.1. The van der Waals surface area contributed by atoms with Crippen LogP contribution in [-0.4, -0.2) is 13.4 Å². The molecule has 134 valence electrons. The van der Waals surface area contributed by atoms with Gasteiger partial charge in [-0.15, -0.1) is 0 Å². The zero-order valence-corrected chi connectivity index (χ0v) is 15.2. The zero-order chi connectivity index (χ0) is 18.4. The molecule has 3 aromatic rings. The first-order valence-corrected chi connectivity index (χ1v) is 9.72. The monoisotopic (exact) mass is 368 g/mol. The Bertz CT molecular complexity index is 928. The molecule has 3 rings (SSSR count). The van der Waals surface area contributed by atoms with Crippen molar-refractivity contribution < 1.29 is 13.2 Å². The van der Waals surface area contributed by atoms with Crippen LogP contribution in [0.5, 0.6) is 5.75 Å². The Hall–Kier alpha value is -2.70. The van der Waals surface area contributed by atoms with Crippen LogP contribution in [0.1, 0.15) is 24.1 Å². The predicted octanol–water partition coefficient (Wildman–Crippen LogP) is 3.70. The molecule has 1 aromatic heterocycles. The van der Waals surface area contributed by atoms with Gasteiger partial charge in [0.25, 0.3) is 0 Å². The van der Waals surface area contributed by atoms with Crippen LogP contribution in [0.25, 0.3) is 0 Å². The van der Waals surface area contributed by atoms with E-state index in [0.717, 1.165) is 16.9 Å². The van der Waals surface area contributed by atoms with Crippen LogP contribution in [0.4, 0.5) is 0 Å². The number of hydrogen-bond acceptors (Lipinski definition) is 4. The average Bonchev–Trinajstić information content (AvgIpc) is 2.68. The van der Waals surface area contributed by atoms with Gasteiger partial charge in [0.2, 0.25) is 10.0 Å². The summed E-state index contributed by atoms with van der Waals surface area (Å²) in [5.41, 5.74) is 1.85. The van der Waals surface area contributed by atoms with Gasteiger partial charge in [-0.3, -0.25) is 4.98 Å². The van der Waals surface area contributed by atoms with E-state index in [0.29, 0.717) is 6.61 Å². The average molecular weight is 368 g/mol. The summed E-state index contributed by atoms with van der Waals surface area (Å²) in [6.07, 6.45) is 3.48. The summed E-state index contributed by atoms with van der Waals surface area (Å²) in [6.45, 7) is 2.25. The van der Waals surface area contributed by atoms with Gasteiger partial charge in [-0.2, -0.15) is 0 Å². The second kappa shape index (κ2) is 8.12. The standard InChI is InChI=1S/C20H20N2O3S/c1-16(22-26(23,24)20-7-3-2-4-8-20)18-9-11-19(12-10-18)25-15-17-6-5-13-21-14-17/h2-14,16,22H,15H2,1H3/t16-/m1/s1. The molecule has 0 unspecified atom stereocenters. The van der Waals surface area contributed by atoms with Gasteiger partial charge in [-0.25, -0.2) is 13.1 Å². The molecule has 0 bridgehead atoms. The van der Waals surface area contributed by atoms with E-state index in [-0.39, 0.29) is 10.9 Å². The number of nitrogens with one attached hydrogen (secondary N) is 1. The summed E-state index contributed by atoms with van der Waals surface area (Å²) in [5.74, 6) is 0.718. The van der Waals surface area contributed by atoms with Crippen molar-refractivity contribution >= 4 is 10.0 Å². The lowest BCUT2D eigenvalue weighted by Gasteiger charge is -2.15. The number of ether oxygens (including phenoxy) is 1. The summed E-state index contributed by atoms with van der Waals surface area (Å²) in [5, 5.41) is 0. The summed E-state index contributed by atoms with van der Waals surface area (Å²) >= 11 is 0. The highest BCUT2D eigenvalue weighted by molar-refractivity contribution is 7.89. The van der Waals surface area contributed by atoms with Crippen molar-refractivity contribution in [2.45, 2.75) is 24.5 Å². The second-order valence-corrected chi connectivity index (χ2v) is 7.59. The number of nitrogens with zero attached hydrogens (tertiary/aromatic N) is 1. The molecule has 1 atom stereocenters. The lowest BCUT2D eigenvalue weighted by molar-refractivity contribution is 0.305. The highest BCUT2D eigenvalue weighted by Gasteiger charge is 2.17. The molecule has 1 heterocycles. The Balaban J connectivity index is 1.62. The Labute approximate surface area is 153 Å². The van der Waals surface area contributed by atoms with Crippen LogP contribution in [0.2, 0.25) is 0 Å². The summed E-state index contributed by atoms with van der Waals surface area (Å²) in [7, 11) is -3.55. The van der Waals surface area contributed by atoms with Crippen LogP contribution in [0.3, 0.4) is 0 Å². The number of pyridine rings is 1. The largest absolute Gasteiger partial charge is 0.489 e. The molecule has 1 N–H and O–H groups in total. The molecule has 0 saturated heterocycles. The Morgan fingerprint density at radius 2 is 1.73 bits per heavy atom. The van der Waals surface area contributed by atoms with E-state index in [2.05, 4.69) is 9.71 Å². The zero-order valence-electron chi connectivity index (χ0n) is 14.4. The highest BCUT2D eigenvalue weighted by atomic mass is 32.2. The van der Waals surface area contributed by atoms with Gasteiger partial charge >= 0.3 is 0 Å². The highest BCUT2D eigenvalue weighted by Crippen LogP contribution is 2.20. The molecule has 0 spiro atoms. The van der Waals surface area contributed by atoms with Gasteiger partial charge in [0.1, 0.15) is 12.4 Å². The SMILES string of the molecule is C[C@@H](NS(=O)(=O)c1ccccc1)c1ccc(OCc2cccnc2)cc1. The molecular formula is C20H20N2O3S. The molecule has 0 aliphatic rings. The molecular weight excluding hydrogens is 348 g/mol. The minimum atomic E-state index is -3.55. The third-order valence-corrected chi connectivity index (χ3v) is 5.45. The normalized spacial score (nSPS) is 12.5. The topological polar surface area (TPSA) is 68.3 Å². The van der Waals surface area contributed by atoms with Gasteiger partial charge in [0.15, 0.2) is 0 Å². The van der Waals surface area contributed by atoms with E-state index >= 15 is 0 Å². The number of sulfonamides is 1. The molecule has 0 radical (unpaired) electrons. The smallest absolute Gasteiger partial charge is 0.241 e. The number of benzene rings is 2. The Morgan fingerprint density at radius 1 is 1.00 bits per heavy atom. The molecule has 2 aromatic carbocycles. The van der Waals surface area contributed by atoms with Crippen molar-refractivity contribution in [1.82, 2.24) is 9.71 Å². The predicted molar refractivity (Wildman–Crippen MR) is 100 cm³/mol. The van der Waals surface area contributed by atoms with Crippen molar-refractivity contribution in [2.75, 3.05) is 0 Å². The van der Waals surface area contributed by atoms with Gasteiger partial charge in [0, 0.05) is 24.0 Å². The Morgan fingerprint density at radius 3 is 2.38 bits per heavy atom. The molecule has 0 aliphatic carbocycles. The van der Waals surface area contributed by atoms with Crippen molar-refractivity contribution in [1.29, 1.82) is 0 Å². The fraction of sp³-hybridized carbons (Fsp3) is 0.150. The lowest BCUT2D eigenvalue weighted by atomic mass is 10.1. The quantitative estimate of drug-likeness (QED) is 0.690. The minimum Gasteiger partial charge on any atom is -0.489 e. The minimum absolute atomic E-state index is 0.253. The van der Waals surface area contributed by atoms with Crippen molar-refractivity contribution in [2.24, 2.45) is 0 Å². The summed E-state index contributed by atoms with van der Waals surface area (Å²) < 4.78 is 33.2. The number of aromatic nitrogens is 1. The maximum atomic E-state index is 12.4. The molecule has 0 amide bonds. The summed E-state index contributed by atoms with van der Waals surface area (Å²) in [6, 6.07) is 19.2. The molecule has 0 aliphatic heterocycles. The number of rotatable bonds is 7. The van der Waals surface area contributed by atoms with Gasteiger partial charge in [-0.1, -0.05) is 36.4 Å². The van der Waals surface area contributed by atoms with Crippen LogP contribution >= 0.6 is 0 Å². The van der Waals surface area contributed by atoms with Crippen molar-refractivity contribution in [3.63, 3.8) is 0 Å². The first-order chi connectivity index (χ1) is 12.5. The van der Waals surface area contributed by atoms with Crippen LogP contribution in [-0.2, 0) is 16.6 Å². The van der Waals surface area contributed by atoms with E-state index in [1.165, 1.54) is 0 Å². The second-order valence-electron chi connectivity index (χ2n) is 5.88. The third kappa shape index (κ3) is 4.68. The van der Waals surface area contributed by atoms with Crippen molar-refractivity contribution in [3.8, 4) is 5.75 Å². The molecule has 5 nitrogen and oxygen atoms in total. The van der Waals surface area contributed by atoms with E-state index in [4.69, 9.17) is 4.74 Å². The third-order valence-electron chi connectivity index (χ3n) is 3.89. The summed E-state index contributed by atoms with van der Waals surface area (Å²) in [4.78, 5) is 4.30. The van der Waals surface area contributed by atoms with Gasteiger partial charge in [0.05, 0.1) is 4.90 Å². The van der Waals surface area contributed by atoms with Crippen LogP contribution < -0.4 is 9.46 Å². The number of hydrogen-bond donors (Lipinski definition) is 1. The van der Waals surface area contributed by atoms with E-state index in [1.54, 1.807) is 42.7 Å². The van der Waals surface area contributed by atoms with Crippen LogP contribution in [0.15, 0.2) is 84.0 Å². The van der Waals surface area contributed by atoms with E-state index in [9.17, 15) is 8.42 Å². The fourth-order valence-corrected chi connectivity index (χ4v) is 3.72. The first-order valence-electron chi connectivity index (χ1n) is 8.24. The maximum Gasteiger partial charge on any atom is 0.241 e. The van der Waals surface area contributed by atoms with Gasteiger partial charge < -0.3 is 4.74 Å². The van der Waals surface area contributed by atoms with Gasteiger partial charge in [-0.05, 0) is 42.8 Å². The Kier molecular flexibility index (Phi) is 5.65. The molecule has 0 saturated carbocycles. The maximum absolute atomic E-state index is 12.4. The molecule has 26 heavy (non-hydrogen) atoms.